The Morgan fingerprint density at radius 2 is 2.00 bits per heavy atom. The number of aliphatic hydroxyl groups is 2. The van der Waals surface area contributed by atoms with Crippen molar-refractivity contribution in [3.8, 4) is 0 Å². The molecule has 2 nitrogen and oxygen atoms in total. The molecule has 0 saturated heterocycles. The first kappa shape index (κ1) is 13.4. The summed E-state index contributed by atoms with van der Waals surface area (Å²) in [5.74, 6) is -0.370. The first-order valence-corrected chi connectivity index (χ1v) is 5.73. The zero-order valence-electron chi connectivity index (χ0n) is 9.16. The van der Waals surface area contributed by atoms with Crippen LogP contribution in [-0.2, 0) is 6.42 Å². The molecule has 0 aliphatic heterocycles. The smallest absolute Gasteiger partial charge is 0.127 e. The SMILES string of the molecule is CCC(O)C(O)CCc1c(F)cccc1Cl. The minimum Gasteiger partial charge on any atom is -0.390 e. The Kier molecular flexibility index (Phi) is 5.19. The molecule has 0 aromatic heterocycles. The Bertz CT molecular complexity index is 324. The van der Waals surface area contributed by atoms with Gasteiger partial charge in [-0.2, -0.15) is 0 Å². The predicted molar refractivity (Wildman–Crippen MR) is 62.0 cm³/mol. The van der Waals surface area contributed by atoms with E-state index in [1.165, 1.54) is 6.07 Å². The molecule has 0 saturated carbocycles. The Morgan fingerprint density at radius 1 is 1.31 bits per heavy atom. The van der Waals surface area contributed by atoms with Gasteiger partial charge < -0.3 is 10.2 Å². The van der Waals surface area contributed by atoms with Crippen molar-refractivity contribution >= 4 is 11.6 Å². The summed E-state index contributed by atoms with van der Waals surface area (Å²) < 4.78 is 13.4. The summed E-state index contributed by atoms with van der Waals surface area (Å²) in [7, 11) is 0. The van der Waals surface area contributed by atoms with Crippen LogP contribution in [0, 0.1) is 5.82 Å². The van der Waals surface area contributed by atoms with Crippen LogP contribution in [0.4, 0.5) is 4.39 Å². The summed E-state index contributed by atoms with van der Waals surface area (Å²) in [6, 6.07) is 4.49. The van der Waals surface area contributed by atoms with Crippen LogP contribution in [0.15, 0.2) is 18.2 Å². The maximum atomic E-state index is 13.4. The van der Waals surface area contributed by atoms with Crippen LogP contribution in [0.5, 0.6) is 0 Å². The van der Waals surface area contributed by atoms with Gasteiger partial charge in [-0.3, -0.25) is 0 Å². The van der Waals surface area contributed by atoms with E-state index < -0.39 is 12.2 Å². The first-order chi connectivity index (χ1) is 7.56. The zero-order chi connectivity index (χ0) is 12.1. The molecule has 0 bridgehead atoms. The van der Waals surface area contributed by atoms with Crippen LogP contribution < -0.4 is 0 Å². The van der Waals surface area contributed by atoms with E-state index >= 15 is 0 Å². The van der Waals surface area contributed by atoms with E-state index in [2.05, 4.69) is 0 Å². The van der Waals surface area contributed by atoms with Crippen molar-refractivity contribution in [2.24, 2.45) is 0 Å². The number of aliphatic hydroxyl groups excluding tert-OH is 2. The van der Waals surface area contributed by atoms with Crippen molar-refractivity contribution in [3.63, 3.8) is 0 Å². The first-order valence-electron chi connectivity index (χ1n) is 5.35. The third kappa shape index (κ3) is 3.44. The topological polar surface area (TPSA) is 40.5 Å². The number of benzene rings is 1. The van der Waals surface area contributed by atoms with Gasteiger partial charge >= 0.3 is 0 Å². The molecule has 0 amide bonds. The van der Waals surface area contributed by atoms with E-state index in [4.69, 9.17) is 11.6 Å². The lowest BCUT2D eigenvalue weighted by molar-refractivity contribution is 0.0129. The second-order valence-electron chi connectivity index (χ2n) is 3.78. The molecule has 2 N–H and O–H groups in total. The van der Waals surface area contributed by atoms with E-state index in [0.717, 1.165) is 0 Å². The summed E-state index contributed by atoms with van der Waals surface area (Å²) in [5.41, 5.74) is 0.395. The Hall–Kier alpha value is -0.640. The highest BCUT2D eigenvalue weighted by molar-refractivity contribution is 6.31. The zero-order valence-corrected chi connectivity index (χ0v) is 9.91. The summed E-state index contributed by atoms with van der Waals surface area (Å²) >= 11 is 5.84. The largest absolute Gasteiger partial charge is 0.390 e. The van der Waals surface area contributed by atoms with E-state index in [1.54, 1.807) is 19.1 Å². The Labute approximate surface area is 99.7 Å². The van der Waals surface area contributed by atoms with E-state index in [1.807, 2.05) is 0 Å². The molecule has 2 atom stereocenters. The van der Waals surface area contributed by atoms with Crippen LogP contribution >= 0.6 is 11.6 Å². The van der Waals surface area contributed by atoms with Crippen molar-refractivity contribution < 1.29 is 14.6 Å². The Morgan fingerprint density at radius 3 is 2.56 bits per heavy atom. The van der Waals surface area contributed by atoms with Crippen molar-refractivity contribution in [2.45, 2.75) is 38.4 Å². The van der Waals surface area contributed by atoms with Gasteiger partial charge in [0.1, 0.15) is 5.82 Å². The lowest BCUT2D eigenvalue weighted by atomic mass is 10.0. The Balaban J connectivity index is 2.61. The van der Waals surface area contributed by atoms with Gasteiger partial charge in [0.15, 0.2) is 0 Å². The molecule has 2 unspecified atom stereocenters. The van der Waals surface area contributed by atoms with Gasteiger partial charge in [-0.15, -0.1) is 0 Å². The predicted octanol–water partition coefficient (Wildman–Crippen LogP) is 2.54. The second kappa shape index (κ2) is 6.18. The summed E-state index contributed by atoms with van der Waals surface area (Å²) in [6.07, 6.45) is -0.489. The number of hydrogen-bond acceptors (Lipinski definition) is 2. The second-order valence-corrected chi connectivity index (χ2v) is 4.19. The molecule has 1 aromatic rings. The minimum atomic E-state index is -0.833. The van der Waals surface area contributed by atoms with Crippen LogP contribution in [-0.4, -0.2) is 22.4 Å². The fourth-order valence-electron chi connectivity index (χ4n) is 1.53. The summed E-state index contributed by atoms with van der Waals surface area (Å²) in [6.45, 7) is 1.78. The molecule has 16 heavy (non-hydrogen) atoms. The van der Waals surface area contributed by atoms with Gasteiger partial charge in [0.25, 0.3) is 0 Å². The van der Waals surface area contributed by atoms with Crippen LogP contribution in [0.1, 0.15) is 25.3 Å². The maximum absolute atomic E-state index is 13.4. The normalized spacial score (nSPS) is 14.8. The fraction of sp³-hybridized carbons (Fsp3) is 0.500. The molecule has 4 heteroatoms. The van der Waals surface area contributed by atoms with Gasteiger partial charge in [-0.1, -0.05) is 24.6 Å². The number of halogens is 2. The van der Waals surface area contributed by atoms with Gasteiger partial charge in [0.2, 0.25) is 0 Å². The van der Waals surface area contributed by atoms with Gasteiger partial charge in [-0.25, -0.2) is 4.39 Å². The molecule has 0 radical (unpaired) electrons. The lowest BCUT2D eigenvalue weighted by Gasteiger charge is -2.16. The fourth-order valence-corrected chi connectivity index (χ4v) is 1.79. The van der Waals surface area contributed by atoms with Gasteiger partial charge in [0.05, 0.1) is 12.2 Å². The maximum Gasteiger partial charge on any atom is 0.127 e. The highest BCUT2D eigenvalue weighted by atomic mass is 35.5. The molecule has 1 rings (SSSR count). The van der Waals surface area contributed by atoms with E-state index in [0.29, 0.717) is 29.8 Å². The molecular formula is C12H16ClFO2. The van der Waals surface area contributed by atoms with Gasteiger partial charge in [-0.05, 0) is 31.4 Å². The molecule has 0 heterocycles. The number of hydrogen-bond donors (Lipinski definition) is 2. The average molecular weight is 247 g/mol. The monoisotopic (exact) mass is 246 g/mol. The molecule has 0 fully saturated rings. The highest BCUT2D eigenvalue weighted by Gasteiger charge is 2.15. The lowest BCUT2D eigenvalue weighted by Crippen LogP contribution is -2.25. The third-order valence-corrected chi connectivity index (χ3v) is 2.97. The van der Waals surface area contributed by atoms with Crippen molar-refractivity contribution in [2.75, 3.05) is 0 Å². The summed E-state index contributed by atoms with van der Waals surface area (Å²) in [5, 5.41) is 19.3. The van der Waals surface area contributed by atoms with E-state index in [9.17, 15) is 14.6 Å². The number of rotatable bonds is 5. The molecule has 0 aliphatic rings. The highest BCUT2D eigenvalue weighted by Crippen LogP contribution is 2.21. The average Bonchev–Trinajstić information content (AvgIpc) is 2.27. The van der Waals surface area contributed by atoms with Crippen molar-refractivity contribution in [1.29, 1.82) is 0 Å². The standard InChI is InChI=1S/C12H16ClFO2/c1-2-11(15)12(16)7-6-8-9(13)4-3-5-10(8)14/h3-5,11-12,15-16H,2,6-7H2,1H3. The molecule has 90 valence electrons. The van der Waals surface area contributed by atoms with Crippen molar-refractivity contribution in [3.05, 3.63) is 34.6 Å². The van der Waals surface area contributed by atoms with Crippen LogP contribution in [0.2, 0.25) is 5.02 Å². The quantitative estimate of drug-likeness (QED) is 0.838. The molecule has 1 aromatic carbocycles. The van der Waals surface area contributed by atoms with Crippen LogP contribution in [0.25, 0.3) is 0 Å². The van der Waals surface area contributed by atoms with E-state index in [-0.39, 0.29) is 5.82 Å². The van der Waals surface area contributed by atoms with Crippen molar-refractivity contribution in [1.82, 2.24) is 0 Å². The summed E-state index contributed by atoms with van der Waals surface area (Å²) in [4.78, 5) is 0. The van der Waals surface area contributed by atoms with Gasteiger partial charge in [0, 0.05) is 10.6 Å². The van der Waals surface area contributed by atoms with Crippen LogP contribution in [0.3, 0.4) is 0 Å². The third-order valence-electron chi connectivity index (χ3n) is 2.61. The minimum absolute atomic E-state index is 0.301. The molecule has 0 spiro atoms. The molecule has 0 aliphatic carbocycles. The molecular weight excluding hydrogens is 231 g/mol.